The SMILES string of the molecule is O=C(O)c1ccc2c(c1)[C@H]1C=CC[C@H]1[C@H](c1cccc([N+](=O)[O-])c1)N2. The lowest BCUT2D eigenvalue weighted by Crippen LogP contribution is -2.29. The summed E-state index contributed by atoms with van der Waals surface area (Å²) in [6, 6.07) is 11.7. The van der Waals surface area contributed by atoms with Crippen molar-refractivity contribution < 1.29 is 14.8 Å². The predicted molar refractivity (Wildman–Crippen MR) is 92.8 cm³/mol. The first kappa shape index (κ1) is 15.4. The molecule has 25 heavy (non-hydrogen) atoms. The molecule has 2 aromatic rings. The second-order valence-electron chi connectivity index (χ2n) is 6.43. The molecule has 0 spiro atoms. The Hall–Kier alpha value is -3.15. The summed E-state index contributed by atoms with van der Waals surface area (Å²) in [5.41, 5.74) is 3.08. The number of carboxylic acid groups (broad SMARTS) is 1. The van der Waals surface area contributed by atoms with Crippen molar-refractivity contribution in [1.29, 1.82) is 0 Å². The number of nitrogens with one attached hydrogen (secondary N) is 1. The van der Waals surface area contributed by atoms with Crippen LogP contribution in [0, 0.1) is 16.0 Å². The molecule has 0 bridgehead atoms. The third kappa shape index (κ3) is 2.55. The number of rotatable bonds is 3. The average molecular weight is 336 g/mol. The number of nitro groups is 1. The maximum atomic E-state index is 11.3. The third-order valence-corrected chi connectivity index (χ3v) is 5.05. The summed E-state index contributed by atoms with van der Waals surface area (Å²) in [6.07, 6.45) is 5.06. The number of nitro benzene ring substituents is 1. The van der Waals surface area contributed by atoms with Crippen LogP contribution in [-0.4, -0.2) is 16.0 Å². The molecule has 6 heteroatoms. The van der Waals surface area contributed by atoms with Crippen LogP contribution >= 0.6 is 0 Å². The first-order chi connectivity index (χ1) is 12.0. The van der Waals surface area contributed by atoms with Crippen LogP contribution in [0.5, 0.6) is 0 Å². The van der Waals surface area contributed by atoms with Crippen LogP contribution in [0.15, 0.2) is 54.6 Å². The summed E-state index contributed by atoms with van der Waals surface area (Å²) in [7, 11) is 0. The Morgan fingerprint density at radius 2 is 2.08 bits per heavy atom. The highest BCUT2D eigenvalue weighted by Gasteiger charge is 2.38. The van der Waals surface area contributed by atoms with Crippen molar-refractivity contribution in [3.8, 4) is 0 Å². The van der Waals surface area contributed by atoms with Crippen molar-refractivity contribution in [3.05, 3.63) is 81.4 Å². The monoisotopic (exact) mass is 336 g/mol. The first-order valence-electron chi connectivity index (χ1n) is 8.09. The molecule has 0 unspecified atom stereocenters. The van der Waals surface area contributed by atoms with Gasteiger partial charge in [-0.25, -0.2) is 4.79 Å². The Kier molecular flexibility index (Phi) is 3.53. The molecule has 0 saturated heterocycles. The Labute approximate surface area is 144 Å². The van der Waals surface area contributed by atoms with Crippen molar-refractivity contribution >= 4 is 17.3 Å². The van der Waals surface area contributed by atoms with Crippen molar-refractivity contribution in [2.24, 2.45) is 5.92 Å². The maximum absolute atomic E-state index is 11.3. The summed E-state index contributed by atoms with van der Waals surface area (Å²) in [5, 5.41) is 23.8. The number of fused-ring (bicyclic) bond motifs is 3. The fourth-order valence-corrected chi connectivity index (χ4v) is 3.89. The number of nitrogens with zero attached hydrogens (tertiary/aromatic N) is 1. The minimum absolute atomic E-state index is 0.0527. The van der Waals surface area contributed by atoms with Gasteiger partial charge in [0.2, 0.25) is 0 Å². The molecule has 2 aromatic carbocycles. The summed E-state index contributed by atoms with van der Waals surface area (Å²) in [4.78, 5) is 22.0. The third-order valence-electron chi connectivity index (χ3n) is 5.05. The molecule has 2 N–H and O–H groups in total. The number of anilines is 1. The highest BCUT2D eigenvalue weighted by atomic mass is 16.6. The lowest BCUT2D eigenvalue weighted by Gasteiger charge is -2.37. The van der Waals surface area contributed by atoms with Gasteiger partial charge in [0.05, 0.1) is 16.5 Å². The number of allylic oxidation sites excluding steroid dienone is 2. The molecule has 1 aliphatic heterocycles. The summed E-state index contributed by atoms with van der Waals surface area (Å²) in [5.74, 6) is -0.625. The molecule has 0 fully saturated rings. The molecular formula is C19H16N2O4. The van der Waals surface area contributed by atoms with E-state index in [2.05, 4.69) is 17.5 Å². The molecule has 4 rings (SSSR count). The molecule has 126 valence electrons. The zero-order valence-electron chi connectivity index (χ0n) is 13.3. The summed E-state index contributed by atoms with van der Waals surface area (Å²) in [6.45, 7) is 0. The predicted octanol–water partition coefficient (Wildman–Crippen LogP) is 4.12. The molecule has 6 nitrogen and oxygen atoms in total. The van der Waals surface area contributed by atoms with Gasteiger partial charge in [0.25, 0.3) is 5.69 Å². The lowest BCUT2D eigenvalue weighted by molar-refractivity contribution is -0.384. The minimum Gasteiger partial charge on any atom is -0.478 e. The van der Waals surface area contributed by atoms with Crippen molar-refractivity contribution in [3.63, 3.8) is 0 Å². The first-order valence-corrected chi connectivity index (χ1v) is 8.09. The number of hydrogen-bond acceptors (Lipinski definition) is 4. The molecule has 0 amide bonds. The Balaban J connectivity index is 1.77. The van der Waals surface area contributed by atoms with Gasteiger partial charge in [0, 0.05) is 23.7 Å². The minimum atomic E-state index is -0.942. The topological polar surface area (TPSA) is 92.5 Å². The molecule has 0 radical (unpaired) electrons. The van der Waals surface area contributed by atoms with E-state index < -0.39 is 5.97 Å². The Bertz CT molecular complexity index is 906. The van der Waals surface area contributed by atoms with Crippen LogP contribution in [0.3, 0.4) is 0 Å². The lowest BCUT2D eigenvalue weighted by atomic mass is 9.76. The smallest absolute Gasteiger partial charge is 0.335 e. The Morgan fingerprint density at radius 1 is 1.24 bits per heavy atom. The number of benzene rings is 2. The van der Waals surface area contributed by atoms with Crippen molar-refractivity contribution in [2.75, 3.05) is 5.32 Å². The van der Waals surface area contributed by atoms with Gasteiger partial charge < -0.3 is 10.4 Å². The molecule has 2 aliphatic rings. The number of non-ortho nitro benzene ring substituents is 1. The quantitative estimate of drug-likeness (QED) is 0.500. The fourth-order valence-electron chi connectivity index (χ4n) is 3.89. The fraction of sp³-hybridized carbons (Fsp3) is 0.211. The number of carbonyl (C=O) groups is 1. The highest BCUT2D eigenvalue weighted by molar-refractivity contribution is 5.89. The van der Waals surface area contributed by atoms with Gasteiger partial charge in [0.1, 0.15) is 0 Å². The number of aromatic carboxylic acids is 1. The molecule has 0 aromatic heterocycles. The highest BCUT2D eigenvalue weighted by Crippen LogP contribution is 2.50. The van der Waals surface area contributed by atoms with E-state index in [-0.39, 0.29) is 34.1 Å². The van der Waals surface area contributed by atoms with E-state index in [1.807, 2.05) is 6.07 Å². The van der Waals surface area contributed by atoms with Gasteiger partial charge in [-0.05, 0) is 41.7 Å². The number of carboxylic acids is 1. The maximum Gasteiger partial charge on any atom is 0.335 e. The van der Waals surface area contributed by atoms with Gasteiger partial charge in [-0.2, -0.15) is 0 Å². The molecule has 1 aliphatic carbocycles. The van der Waals surface area contributed by atoms with Crippen molar-refractivity contribution in [1.82, 2.24) is 0 Å². The van der Waals surface area contributed by atoms with Gasteiger partial charge >= 0.3 is 5.97 Å². The largest absolute Gasteiger partial charge is 0.478 e. The number of hydrogen-bond donors (Lipinski definition) is 2. The zero-order chi connectivity index (χ0) is 17.6. The summed E-state index contributed by atoms with van der Waals surface area (Å²) >= 11 is 0. The van der Waals surface area contributed by atoms with E-state index in [1.54, 1.807) is 30.3 Å². The summed E-state index contributed by atoms with van der Waals surface area (Å²) < 4.78 is 0. The van der Waals surface area contributed by atoms with E-state index in [0.29, 0.717) is 0 Å². The second-order valence-corrected chi connectivity index (χ2v) is 6.43. The van der Waals surface area contributed by atoms with Crippen LogP contribution in [0.2, 0.25) is 0 Å². The van der Waals surface area contributed by atoms with Gasteiger partial charge in [0.15, 0.2) is 0 Å². The van der Waals surface area contributed by atoms with Crippen LogP contribution in [0.1, 0.15) is 39.9 Å². The van der Waals surface area contributed by atoms with E-state index >= 15 is 0 Å². The standard InChI is InChI=1S/C19H16N2O4/c22-19(23)12-7-8-17-16(10-12)14-5-2-6-15(14)18(20-17)11-3-1-4-13(9-11)21(24)25/h1-5,7-10,14-15,18,20H,6H2,(H,22,23)/t14-,15+,18-/m0/s1. The molecular weight excluding hydrogens is 320 g/mol. The van der Waals surface area contributed by atoms with E-state index in [0.717, 1.165) is 23.2 Å². The molecule has 0 saturated carbocycles. The second kappa shape index (κ2) is 5.73. The van der Waals surface area contributed by atoms with Gasteiger partial charge in [-0.3, -0.25) is 10.1 Å². The van der Waals surface area contributed by atoms with E-state index in [9.17, 15) is 20.0 Å². The normalized spacial score (nSPS) is 23.4. The average Bonchev–Trinajstić information content (AvgIpc) is 3.10. The molecule has 3 atom stereocenters. The zero-order valence-corrected chi connectivity index (χ0v) is 13.3. The Morgan fingerprint density at radius 3 is 2.84 bits per heavy atom. The van der Waals surface area contributed by atoms with Crippen LogP contribution < -0.4 is 5.32 Å². The van der Waals surface area contributed by atoms with Gasteiger partial charge in [-0.1, -0.05) is 24.3 Å². The van der Waals surface area contributed by atoms with Gasteiger partial charge in [-0.15, -0.1) is 0 Å². The molecule has 1 heterocycles. The van der Waals surface area contributed by atoms with E-state index in [1.165, 1.54) is 6.07 Å². The van der Waals surface area contributed by atoms with Crippen LogP contribution in [-0.2, 0) is 0 Å². The van der Waals surface area contributed by atoms with Crippen LogP contribution in [0.4, 0.5) is 11.4 Å². The van der Waals surface area contributed by atoms with E-state index in [4.69, 9.17) is 0 Å². The van der Waals surface area contributed by atoms with Crippen LogP contribution in [0.25, 0.3) is 0 Å². The van der Waals surface area contributed by atoms with Crippen molar-refractivity contribution in [2.45, 2.75) is 18.4 Å².